The number of rotatable bonds is 4. The van der Waals surface area contributed by atoms with E-state index in [1.165, 1.54) is 12.5 Å². The molecule has 0 N–H and O–H groups in total. The highest BCUT2D eigenvalue weighted by atomic mass is 19.1. The maximum atomic E-state index is 14.0. The standard InChI is InChI=1S/C16H22FNO/c1-12(2)16(19)15(18-10-6-3-7-11-18)13-8-4-5-9-14(13)17/h4-5,8-9,12,15H,3,6-7,10-11H2,1-2H3/t15-/m1/s1. The monoisotopic (exact) mass is 263 g/mol. The first-order valence-corrected chi connectivity index (χ1v) is 7.13. The minimum atomic E-state index is -0.415. The van der Waals surface area contributed by atoms with Crippen LogP contribution in [0.1, 0.15) is 44.7 Å². The van der Waals surface area contributed by atoms with E-state index in [9.17, 15) is 9.18 Å². The van der Waals surface area contributed by atoms with Gasteiger partial charge in [0.05, 0.1) is 6.04 Å². The van der Waals surface area contributed by atoms with E-state index in [1.807, 2.05) is 19.9 Å². The van der Waals surface area contributed by atoms with Gasteiger partial charge in [-0.25, -0.2) is 4.39 Å². The molecule has 0 aliphatic carbocycles. The third-order valence-corrected chi connectivity index (χ3v) is 3.79. The van der Waals surface area contributed by atoms with Crippen molar-refractivity contribution in [2.24, 2.45) is 5.92 Å². The van der Waals surface area contributed by atoms with Crippen molar-refractivity contribution >= 4 is 5.78 Å². The van der Waals surface area contributed by atoms with Crippen molar-refractivity contribution in [2.45, 2.75) is 39.2 Å². The highest BCUT2D eigenvalue weighted by molar-refractivity contribution is 5.87. The lowest BCUT2D eigenvalue weighted by atomic mass is 9.92. The van der Waals surface area contributed by atoms with E-state index in [0.717, 1.165) is 25.9 Å². The number of hydrogen-bond acceptors (Lipinski definition) is 2. The number of piperidine rings is 1. The van der Waals surface area contributed by atoms with Gasteiger partial charge in [-0.05, 0) is 32.0 Å². The van der Waals surface area contributed by atoms with E-state index < -0.39 is 6.04 Å². The molecule has 1 aromatic rings. The van der Waals surface area contributed by atoms with Gasteiger partial charge >= 0.3 is 0 Å². The van der Waals surface area contributed by atoms with E-state index in [0.29, 0.717) is 5.56 Å². The molecular weight excluding hydrogens is 241 g/mol. The summed E-state index contributed by atoms with van der Waals surface area (Å²) in [6, 6.07) is 6.26. The van der Waals surface area contributed by atoms with Crippen LogP contribution in [0.15, 0.2) is 24.3 Å². The molecule has 1 fully saturated rings. The van der Waals surface area contributed by atoms with E-state index in [4.69, 9.17) is 0 Å². The van der Waals surface area contributed by atoms with Crippen molar-refractivity contribution in [3.63, 3.8) is 0 Å². The predicted octanol–water partition coefficient (Wildman–Crippen LogP) is 3.58. The van der Waals surface area contributed by atoms with E-state index in [2.05, 4.69) is 4.90 Å². The zero-order valence-electron chi connectivity index (χ0n) is 11.7. The Labute approximate surface area is 114 Å². The Balaban J connectivity index is 2.33. The number of nitrogens with zero attached hydrogens (tertiary/aromatic N) is 1. The molecule has 0 bridgehead atoms. The summed E-state index contributed by atoms with van der Waals surface area (Å²) < 4.78 is 14.0. The number of halogens is 1. The molecular formula is C16H22FNO. The summed E-state index contributed by atoms with van der Waals surface area (Å²) in [4.78, 5) is 14.6. The fraction of sp³-hybridized carbons (Fsp3) is 0.562. The highest BCUT2D eigenvalue weighted by Gasteiger charge is 2.31. The Hall–Kier alpha value is -1.22. The summed E-state index contributed by atoms with van der Waals surface area (Å²) in [6.07, 6.45) is 3.39. The van der Waals surface area contributed by atoms with E-state index in [-0.39, 0.29) is 17.5 Å². The lowest BCUT2D eigenvalue weighted by Gasteiger charge is -2.34. The van der Waals surface area contributed by atoms with Crippen LogP contribution in [0.25, 0.3) is 0 Å². The molecule has 0 saturated carbocycles. The molecule has 0 unspecified atom stereocenters. The fourth-order valence-corrected chi connectivity index (χ4v) is 2.72. The van der Waals surface area contributed by atoms with Crippen molar-refractivity contribution in [3.05, 3.63) is 35.6 Å². The zero-order chi connectivity index (χ0) is 13.8. The van der Waals surface area contributed by atoms with Crippen molar-refractivity contribution in [3.8, 4) is 0 Å². The summed E-state index contributed by atoms with van der Waals surface area (Å²) >= 11 is 0. The lowest BCUT2D eigenvalue weighted by molar-refractivity contribution is -0.128. The molecule has 1 aromatic carbocycles. The predicted molar refractivity (Wildman–Crippen MR) is 74.4 cm³/mol. The third-order valence-electron chi connectivity index (χ3n) is 3.79. The Morgan fingerprint density at radius 3 is 2.37 bits per heavy atom. The molecule has 1 atom stereocenters. The first kappa shape index (κ1) is 14.2. The quantitative estimate of drug-likeness (QED) is 0.827. The number of ketones is 1. The first-order valence-electron chi connectivity index (χ1n) is 7.13. The van der Waals surface area contributed by atoms with Crippen LogP contribution in [-0.2, 0) is 4.79 Å². The molecule has 19 heavy (non-hydrogen) atoms. The summed E-state index contributed by atoms with van der Waals surface area (Å²) in [5.74, 6) is -0.231. The van der Waals surface area contributed by atoms with Crippen molar-refractivity contribution in [1.82, 2.24) is 4.90 Å². The number of carbonyl (C=O) groups is 1. The molecule has 0 amide bonds. The summed E-state index contributed by atoms with van der Waals surface area (Å²) in [6.45, 7) is 5.55. The number of likely N-dealkylation sites (tertiary alicyclic amines) is 1. The van der Waals surface area contributed by atoms with Crippen LogP contribution < -0.4 is 0 Å². The fourth-order valence-electron chi connectivity index (χ4n) is 2.72. The second kappa shape index (κ2) is 6.29. The Kier molecular flexibility index (Phi) is 4.70. The van der Waals surface area contributed by atoms with Gasteiger partial charge in [0.15, 0.2) is 5.78 Å². The summed E-state index contributed by atoms with van der Waals surface area (Å²) in [5, 5.41) is 0. The van der Waals surface area contributed by atoms with Crippen LogP contribution in [-0.4, -0.2) is 23.8 Å². The number of Topliss-reactive ketones (excluding diaryl/α,β-unsaturated/α-hetero) is 1. The van der Waals surface area contributed by atoms with Gasteiger partial charge in [-0.1, -0.05) is 38.5 Å². The Morgan fingerprint density at radius 1 is 1.16 bits per heavy atom. The third kappa shape index (κ3) is 3.21. The minimum absolute atomic E-state index is 0.0773. The van der Waals surface area contributed by atoms with Crippen LogP contribution in [0.3, 0.4) is 0 Å². The van der Waals surface area contributed by atoms with Gasteiger partial charge in [0.1, 0.15) is 5.82 Å². The van der Waals surface area contributed by atoms with E-state index >= 15 is 0 Å². The highest BCUT2D eigenvalue weighted by Crippen LogP contribution is 2.29. The molecule has 0 spiro atoms. The van der Waals surface area contributed by atoms with Crippen molar-refractivity contribution in [1.29, 1.82) is 0 Å². The molecule has 3 heteroatoms. The van der Waals surface area contributed by atoms with Crippen LogP contribution in [0, 0.1) is 11.7 Å². The second-order valence-electron chi connectivity index (χ2n) is 5.58. The van der Waals surface area contributed by atoms with Gasteiger partial charge in [0.25, 0.3) is 0 Å². The normalized spacial score (nSPS) is 18.5. The Bertz CT molecular complexity index is 438. The molecule has 0 aromatic heterocycles. The van der Waals surface area contributed by atoms with Crippen LogP contribution >= 0.6 is 0 Å². The molecule has 1 heterocycles. The van der Waals surface area contributed by atoms with Gasteiger partial charge in [-0.3, -0.25) is 9.69 Å². The zero-order valence-corrected chi connectivity index (χ0v) is 11.7. The maximum Gasteiger partial charge on any atom is 0.157 e. The molecule has 1 aliphatic heterocycles. The van der Waals surface area contributed by atoms with Crippen LogP contribution in [0.4, 0.5) is 4.39 Å². The number of benzene rings is 1. The molecule has 2 nitrogen and oxygen atoms in total. The van der Waals surface area contributed by atoms with Gasteiger partial charge in [-0.2, -0.15) is 0 Å². The summed E-state index contributed by atoms with van der Waals surface area (Å²) in [5.41, 5.74) is 0.531. The lowest BCUT2D eigenvalue weighted by Crippen LogP contribution is -2.39. The topological polar surface area (TPSA) is 20.3 Å². The average Bonchev–Trinajstić information content (AvgIpc) is 2.42. The summed E-state index contributed by atoms with van der Waals surface area (Å²) in [7, 11) is 0. The average molecular weight is 263 g/mol. The molecule has 1 aliphatic rings. The van der Waals surface area contributed by atoms with Crippen molar-refractivity contribution < 1.29 is 9.18 Å². The van der Waals surface area contributed by atoms with Crippen LogP contribution in [0.2, 0.25) is 0 Å². The van der Waals surface area contributed by atoms with Crippen molar-refractivity contribution in [2.75, 3.05) is 13.1 Å². The van der Waals surface area contributed by atoms with Gasteiger partial charge in [0, 0.05) is 11.5 Å². The smallest absolute Gasteiger partial charge is 0.157 e. The SMILES string of the molecule is CC(C)C(=O)[C@@H](c1ccccc1F)N1CCCCC1. The number of hydrogen-bond donors (Lipinski definition) is 0. The number of carbonyl (C=O) groups excluding carboxylic acids is 1. The van der Waals surface area contributed by atoms with Gasteiger partial charge in [-0.15, -0.1) is 0 Å². The van der Waals surface area contributed by atoms with Crippen LogP contribution in [0.5, 0.6) is 0 Å². The Morgan fingerprint density at radius 2 is 1.79 bits per heavy atom. The second-order valence-corrected chi connectivity index (χ2v) is 5.58. The molecule has 104 valence electrons. The maximum absolute atomic E-state index is 14.0. The molecule has 1 saturated heterocycles. The van der Waals surface area contributed by atoms with E-state index in [1.54, 1.807) is 12.1 Å². The molecule has 0 radical (unpaired) electrons. The first-order chi connectivity index (χ1) is 9.11. The minimum Gasteiger partial charge on any atom is -0.297 e. The largest absolute Gasteiger partial charge is 0.297 e. The molecule has 2 rings (SSSR count). The van der Waals surface area contributed by atoms with Gasteiger partial charge < -0.3 is 0 Å². The van der Waals surface area contributed by atoms with Gasteiger partial charge in [0.2, 0.25) is 0 Å².